The first kappa shape index (κ1) is 20.1. The molecule has 0 bridgehead atoms. The van der Waals surface area contributed by atoms with Crippen LogP contribution in [0.5, 0.6) is 11.5 Å². The number of ether oxygens (including phenoxy) is 2. The van der Waals surface area contributed by atoms with E-state index in [1.165, 1.54) is 25.2 Å². The van der Waals surface area contributed by atoms with Gasteiger partial charge >= 0.3 is 0 Å². The van der Waals surface area contributed by atoms with Crippen LogP contribution in [0.4, 0.5) is 5.69 Å². The van der Waals surface area contributed by atoms with Crippen LogP contribution in [0.25, 0.3) is 0 Å². The fourth-order valence-corrected chi connectivity index (χ4v) is 4.68. The number of thioether (sulfide) groups is 1. The van der Waals surface area contributed by atoms with E-state index in [-0.39, 0.29) is 10.6 Å². The summed E-state index contributed by atoms with van der Waals surface area (Å²) in [4.78, 5) is 1.22. The van der Waals surface area contributed by atoms with Crippen molar-refractivity contribution in [1.29, 1.82) is 0 Å². The molecule has 0 saturated carbocycles. The van der Waals surface area contributed by atoms with Gasteiger partial charge in [-0.2, -0.15) is 0 Å². The fourth-order valence-electron chi connectivity index (χ4n) is 2.56. The minimum absolute atomic E-state index is 0.0260. The van der Waals surface area contributed by atoms with Crippen LogP contribution in [-0.2, 0) is 15.8 Å². The maximum Gasteiger partial charge on any atom is 0.265 e. The third-order valence-electron chi connectivity index (χ3n) is 4.02. The summed E-state index contributed by atoms with van der Waals surface area (Å²) in [6.07, 6.45) is 0. The molecule has 3 aromatic rings. The van der Waals surface area contributed by atoms with E-state index in [4.69, 9.17) is 9.47 Å². The number of anilines is 1. The topological polar surface area (TPSA) is 64.6 Å². The highest BCUT2D eigenvalue weighted by molar-refractivity contribution is 7.98. The van der Waals surface area contributed by atoms with Gasteiger partial charge in [-0.1, -0.05) is 30.3 Å². The Bertz CT molecular complexity index is 1020. The highest BCUT2D eigenvalue weighted by Crippen LogP contribution is 2.30. The van der Waals surface area contributed by atoms with E-state index in [9.17, 15) is 8.42 Å². The number of benzene rings is 3. The molecule has 0 atom stereocenters. The van der Waals surface area contributed by atoms with Crippen LogP contribution in [0.2, 0.25) is 0 Å². The molecule has 28 heavy (non-hydrogen) atoms. The lowest BCUT2D eigenvalue weighted by molar-refractivity contribution is 0.392. The molecule has 0 aromatic heterocycles. The normalized spacial score (nSPS) is 11.1. The summed E-state index contributed by atoms with van der Waals surface area (Å²) in [5.74, 6) is 1.50. The monoisotopic (exact) mass is 415 g/mol. The third-order valence-corrected chi connectivity index (χ3v) is 6.50. The highest BCUT2D eigenvalue weighted by atomic mass is 32.2. The molecule has 0 heterocycles. The first-order valence-corrected chi connectivity index (χ1v) is 11.0. The predicted molar refractivity (Wildman–Crippen MR) is 113 cm³/mol. The fraction of sp³-hybridized carbons (Fsp3) is 0.143. The zero-order valence-corrected chi connectivity index (χ0v) is 17.2. The molecule has 146 valence electrons. The summed E-state index contributed by atoms with van der Waals surface area (Å²) in [5.41, 5.74) is 1.59. The maximum absolute atomic E-state index is 12.8. The number of rotatable bonds is 8. The van der Waals surface area contributed by atoms with E-state index < -0.39 is 10.0 Å². The Morgan fingerprint density at radius 3 is 2.25 bits per heavy atom. The van der Waals surface area contributed by atoms with Crippen LogP contribution in [-0.4, -0.2) is 22.6 Å². The lowest BCUT2D eigenvalue weighted by Crippen LogP contribution is -2.14. The van der Waals surface area contributed by atoms with E-state index in [0.29, 0.717) is 11.4 Å². The standard InChI is InChI=1S/C21H21NO4S2/c1-25-18-12-13-20(26-2)21(14-18)28(23,24)22-17-10-8-16(9-11-17)15-27-19-6-4-3-5-7-19/h3-14,22H,15H2,1-2H3. The third kappa shape index (κ3) is 4.99. The summed E-state index contributed by atoms with van der Waals surface area (Å²) in [5, 5.41) is 0. The smallest absolute Gasteiger partial charge is 0.265 e. The first-order valence-electron chi connectivity index (χ1n) is 8.53. The molecule has 3 aromatic carbocycles. The second-order valence-corrected chi connectivity index (χ2v) is 8.62. The van der Waals surface area contributed by atoms with Crippen LogP contribution in [0.15, 0.2) is 82.6 Å². The molecule has 0 aliphatic heterocycles. The molecule has 5 nitrogen and oxygen atoms in total. The Balaban J connectivity index is 1.72. The van der Waals surface area contributed by atoms with Gasteiger partial charge in [0.25, 0.3) is 10.0 Å². The average molecular weight is 416 g/mol. The van der Waals surface area contributed by atoms with Crippen molar-refractivity contribution in [2.24, 2.45) is 0 Å². The van der Waals surface area contributed by atoms with Crippen LogP contribution in [0, 0.1) is 0 Å². The van der Waals surface area contributed by atoms with Crippen LogP contribution in [0.1, 0.15) is 5.56 Å². The van der Waals surface area contributed by atoms with Gasteiger partial charge in [-0.3, -0.25) is 4.72 Å². The van der Waals surface area contributed by atoms with Crippen molar-refractivity contribution in [1.82, 2.24) is 0 Å². The number of nitrogens with one attached hydrogen (secondary N) is 1. The first-order chi connectivity index (χ1) is 13.5. The van der Waals surface area contributed by atoms with Crippen molar-refractivity contribution in [3.63, 3.8) is 0 Å². The van der Waals surface area contributed by atoms with Crippen LogP contribution >= 0.6 is 11.8 Å². The summed E-state index contributed by atoms with van der Waals surface area (Å²) in [6, 6.07) is 22.1. The van der Waals surface area contributed by atoms with Gasteiger partial charge in [0, 0.05) is 22.4 Å². The van der Waals surface area contributed by atoms with E-state index in [2.05, 4.69) is 16.9 Å². The van der Waals surface area contributed by atoms with E-state index in [0.717, 1.165) is 11.3 Å². The average Bonchev–Trinajstić information content (AvgIpc) is 2.73. The van der Waals surface area contributed by atoms with Gasteiger partial charge in [0.15, 0.2) is 0 Å². The predicted octanol–water partition coefficient (Wildman–Crippen LogP) is 4.80. The van der Waals surface area contributed by atoms with Crippen LogP contribution < -0.4 is 14.2 Å². The minimum atomic E-state index is -3.82. The molecule has 0 unspecified atom stereocenters. The minimum Gasteiger partial charge on any atom is -0.497 e. The SMILES string of the molecule is COc1ccc(OC)c(S(=O)(=O)Nc2ccc(CSc3ccccc3)cc2)c1. The van der Waals surface area contributed by atoms with Crippen molar-refractivity contribution in [2.45, 2.75) is 15.5 Å². The number of hydrogen-bond donors (Lipinski definition) is 1. The summed E-state index contributed by atoms with van der Waals surface area (Å²) >= 11 is 1.73. The highest BCUT2D eigenvalue weighted by Gasteiger charge is 2.20. The molecule has 0 radical (unpaired) electrons. The molecule has 0 spiro atoms. The molecule has 1 N–H and O–H groups in total. The van der Waals surface area contributed by atoms with Gasteiger partial charge in [-0.05, 0) is 42.0 Å². The number of sulfonamides is 1. The van der Waals surface area contributed by atoms with Crippen molar-refractivity contribution in [2.75, 3.05) is 18.9 Å². The second kappa shape index (κ2) is 9.03. The van der Waals surface area contributed by atoms with Crippen molar-refractivity contribution >= 4 is 27.5 Å². The van der Waals surface area contributed by atoms with E-state index in [1.54, 1.807) is 36.0 Å². The molecular formula is C21H21NO4S2. The largest absolute Gasteiger partial charge is 0.497 e. The lowest BCUT2D eigenvalue weighted by Gasteiger charge is -2.13. The Labute approximate surface area is 169 Å². The molecule has 0 fully saturated rings. The van der Waals surface area contributed by atoms with Gasteiger partial charge < -0.3 is 9.47 Å². The van der Waals surface area contributed by atoms with Gasteiger partial charge in [0.1, 0.15) is 16.4 Å². The maximum atomic E-state index is 12.8. The second-order valence-electron chi connectivity index (χ2n) is 5.92. The number of methoxy groups -OCH3 is 2. The summed E-state index contributed by atoms with van der Waals surface area (Å²) in [6.45, 7) is 0. The molecule has 7 heteroatoms. The van der Waals surface area contributed by atoms with E-state index in [1.807, 2.05) is 30.3 Å². The quantitative estimate of drug-likeness (QED) is 0.536. The Morgan fingerprint density at radius 1 is 0.893 bits per heavy atom. The van der Waals surface area contributed by atoms with Crippen molar-refractivity contribution < 1.29 is 17.9 Å². The molecule has 0 saturated heterocycles. The Hall–Kier alpha value is -2.64. The summed E-state index contributed by atoms with van der Waals surface area (Å²) in [7, 11) is -0.902. The van der Waals surface area contributed by atoms with Gasteiger partial charge in [-0.25, -0.2) is 8.42 Å². The van der Waals surface area contributed by atoms with Gasteiger partial charge in [-0.15, -0.1) is 11.8 Å². The molecule has 0 amide bonds. The van der Waals surface area contributed by atoms with Crippen LogP contribution in [0.3, 0.4) is 0 Å². The Morgan fingerprint density at radius 2 is 1.61 bits per heavy atom. The zero-order valence-electron chi connectivity index (χ0n) is 15.6. The molecule has 0 aliphatic rings. The number of hydrogen-bond acceptors (Lipinski definition) is 5. The lowest BCUT2D eigenvalue weighted by atomic mass is 10.2. The van der Waals surface area contributed by atoms with Crippen molar-refractivity contribution in [3.05, 3.63) is 78.4 Å². The summed E-state index contributed by atoms with van der Waals surface area (Å²) < 4.78 is 38.5. The molecule has 0 aliphatic carbocycles. The Kier molecular flexibility index (Phi) is 6.49. The van der Waals surface area contributed by atoms with E-state index >= 15 is 0 Å². The van der Waals surface area contributed by atoms with Crippen molar-refractivity contribution in [3.8, 4) is 11.5 Å². The molecular weight excluding hydrogens is 394 g/mol. The zero-order chi connectivity index (χ0) is 20.0. The van der Waals surface area contributed by atoms with Gasteiger partial charge in [0.2, 0.25) is 0 Å². The molecule has 3 rings (SSSR count). The van der Waals surface area contributed by atoms with Gasteiger partial charge in [0.05, 0.1) is 14.2 Å².